The Hall–Kier alpha value is -0.120. The van der Waals surface area contributed by atoms with Crippen LogP contribution in [0.2, 0.25) is 0 Å². The summed E-state index contributed by atoms with van der Waals surface area (Å²) in [5.41, 5.74) is 0.280. The number of piperazine rings is 1. The zero-order valence-corrected chi connectivity index (χ0v) is 11.6. The largest absolute Gasteiger partial charge is 0.375 e. The molecule has 0 spiro atoms. The Labute approximate surface area is 101 Å². The van der Waals surface area contributed by atoms with Gasteiger partial charge in [0.05, 0.1) is 12.2 Å². The van der Waals surface area contributed by atoms with Crippen molar-refractivity contribution in [3.63, 3.8) is 0 Å². The van der Waals surface area contributed by atoms with Gasteiger partial charge in [0.25, 0.3) is 0 Å². The third kappa shape index (κ3) is 4.81. The first-order chi connectivity index (χ1) is 7.35. The Bertz CT molecular complexity index is 212. The highest BCUT2D eigenvalue weighted by molar-refractivity contribution is 4.89. The van der Waals surface area contributed by atoms with E-state index in [1.165, 1.54) is 6.42 Å². The number of ether oxygens (including phenoxy) is 1. The minimum atomic E-state index is -0.0118. The van der Waals surface area contributed by atoms with E-state index in [0.29, 0.717) is 5.54 Å². The number of nitrogens with one attached hydrogen (secondary N) is 1. The van der Waals surface area contributed by atoms with Crippen molar-refractivity contribution in [2.24, 2.45) is 0 Å². The second-order valence-electron chi connectivity index (χ2n) is 6.08. The van der Waals surface area contributed by atoms with Gasteiger partial charge in [-0.05, 0) is 34.1 Å². The van der Waals surface area contributed by atoms with E-state index < -0.39 is 0 Å². The van der Waals surface area contributed by atoms with Crippen molar-refractivity contribution in [1.29, 1.82) is 0 Å². The smallest absolute Gasteiger partial charge is 0.0600 e. The van der Waals surface area contributed by atoms with Crippen LogP contribution in [0, 0.1) is 0 Å². The molecule has 3 nitrogen and oxygen atoms in total. The van der Waals surface area contributed by atoms with E-state index in [9.17, 15) is 0 Å². The molecule has 0 aromatic rings. The lowest BCUT2D eigenvalue weighted by Gasteiger charge is -2.41. The van der Waals surface area contributed by atoms with Crippen LogP contribution in [0.25, 0.3) is 0 Å². The SMILES string of the molecule is CCC1(C)CN(CCOC(C)(C)C)CCN1. The van der Waals surface area contributed by atoms with Gasteiger partial charge in [-0.3, -0.25) is 4.90 Å². The summed E-state index contributed by atoms with van der Waals surface area (Å²) in [6.45, 7) is 16.2. The van der Waals surface area contributed by atoms with Gasteiger partial charge in [-0.15, -0.1) is 0 Å². The maximum atomic E-state index is 5.77. The third-order valence-corrected chi connectivity index (χ3v) is 3.28. The van der Waals surface area contributed by atoms with Gasteiger partial charge in [0, 0.05) is 31.7 Å². The van der Waals surface area contributed by atoms with Gasteiger partial charge < -0.3 is 10.1 Å². The third-order valence-electron chi connectivity index (χ3n) is 3.28. The molecule has 0 saturated carbocycles. The van der Waals surface area contributed by atoms with Gasteiger partial charge in [-0.2, -0.15) is 0 Å². The summed E-state index contributed by atoms with van der Waals surface area (Å²) in [4.78, 5) is 2.51. The van der Waals surface area contributed by atoms with Gasteiger partial charge in [0.2, 0.25) is 0 Å². The average molecular weight is 228 g/mol. The molecule has 0 bridgehead atoms. The summed E-state index contributed by atoms with van der Waals surface area (Å²) < 4.78 is 5.77. The molecular weight excluding hydrogens is 200 g/mol. The van der Waals surface area contributed by atoms with E-state index in [1.807, 2.05) is 0 Å². The Morgan fingerprint density at radius 3 is 2.62 bits per heavy atom. The molecule has 0 aliphatic carbocycles. The molecule has 1 heterocycles. The van der Waals surface area contributed by atoms with Crippen LogP contribution in [0.15, 0.2) is 0 Å². The first-order valence-electron chi connectivity index (χ1n) is 6.46. The van der Waals surface area contributed by atoms with Crippen LogP contribution in [-0.2, 0) is 4.74 Å². The van der Waals surface area contributed by atoms with Crippen molar-refractivity contribution < 1.29 is 4.74 Å². The van der Waals surface area contributed by atoms with E-state index in [-0.39, 0.29) is 5.60 Å². The van der Waals surface area contributed by atoms with Crippen molar-refractivity contribution in [2.45, 2.75) is 52.2 Å². The summed E-state index contributed by atoms with van der Waals surface area (Å²) >= 11 is 0. The number of rotatable bonds is 4. The zero-order valence-electron chi connectivity index (χ0n) is 11.6. The number of hydrogen-bond donors (Lipinski definition) is 1. The van der Waals surface area contributed by atoms with E-state index in [0.717, 1.165) is 32.8 Å². The molecule has 0 aromatic carbocycles. The highest BCUT2D eigenvalue weighted by Crippen LogP contribution is 2.15. The van der Waals surface area contributed by atoms with E-state index in [1.54, 1.807) is 0 Å². The molecule has 1 saturated heterocycles. The molecule has 1 aliphatic rings. The molecule has 1 N–H and O–H groups in total. The van der Waals surface area contributed by atoms with Gasteiger partial charge in [0.1, 0.15) is 0 Å². The highest BCUT2D eigenvalue weighted by Gasteiger charge is 2.28. The lowest BCUT2D eigenvalue weighted by atomic mass is 9.96. The summed E-state index contributed by atoms with van der Waals surface area (Å²) in [7, 11) is 0. The molecule has 1 unspecified atom stereocenters. The summed E-state index contributed by atoms with van der Waals surface area (Å²) in [5.74, 6) is 0. The van der Waals surface area contributed by atoms with Crippen molar-refractivity contribution in [1.82, 2.24) is 10.2 Å². The summed E-state index contributed by atoms with van der Waals surface area (Å²) in [5, 5.41) is 3.60. The van der Waals surface area contributed by atoms with Crippen LogP contribution in [-0.4, -0.2) is 48.8 Å². The van der Waals surface area contributed by atoms with Crippen molar-refractivity contribution in [3.8, 4) is 0 Å². The van der Waals surface area contributed by atoms with E-state index in [2.05, 4.69) is 44.8 Å². The highest BCUT2D eigenvalue weighted by atomic mass is 16.5. The second kappa shape index (κ2) is 5.48. The Kier molecular flexibility index (Phi) is 4.77. The lowest BCUT2D eigenvalue weighted by Crippen LogP contribution is -2.58. The van der Waals surface area contributed by atoms with Crippen molar-refractivity contribution in [2.75, 3.05) is 32.8 Å². The van der Waals surface area contributed by atoms with Crippen LogP contribution >= 0.6 is 0 Å². The molecule has 16 heavy (non-hydrogen) atoms. The molecule has 96 valence electrons. The topological polar surface area (TPSA) is 24.5 Å². The number of nitrogens with zero attached hydrogens (tertiary/aromatic N) is 1. The van der Waals surface area contributed by atoms with E-state index in [4.69, 9.17) is 4.74 Å². The Morgan fingerprint density at radius 1 is 1.38 bits per heavy atom. The van der Waals surface area contributed by atoms with E-state index >= 15 is 0 Å². The minimum Gasteiger partial charge on any atom is -0.375 e. The fraction of sp³-hybridized carbons (Fsp3) is 1.00. The molecule has 0 radical (unpaired) electrons. The second-order valence-corrected chi connectivity index (χ2v) is 6.08. The molecule has 1 aliphatic heterocycles. The first kappa shape index (κ1) is 13.9. The van der Waals surface area contributed by atoms with Crippen molar-refractivity contribution in [3.05, 3.63) is 0 Å². The fourth-order valence-corrected chi connectivity index (χ4v) is 2.05. The monoisotopic (exact) mass is 228 g/mol. The van der Waals surface area contributed by atoms with Gasteiger partial charge in [-0.1, -0.05) is 6.92 Å². The fourth-order valence-electron chi connectivity index (χ4n) is 2.05. The van der Waals surface area contributed by atoms with Gasteiger partial charge in [-0.25, -0.2) is 0 Å². The summed E-state index contributed by atoms with van der Waals surface area (Å²) in [6.07, 6.45) is 1.18. The standard InChI is InChI=1S/C13H28N2O/c1-6-13(5)11-15(8-7-14-13)9-10-16-12(2,3)4/h14H,6-11H2,1-5H3. The van der Waals surface area contributed by atoms with Crippen LogP contribution in [0.5, 0.6) is 0 Å². The molecule has 1 fully saturated rings. The van der Waals surface area contributed by atoms with Crippen LogP contribution in [0.4, 0.5) is 0 Å². The normalized spacial score (nSPS) is 28.3. The molecule has 1 rings (SSSR count). The quantitative estimate of drug-likeness (QED) is 0.795. The average Bonchev–Trinajstić information content (AvgIpc) is 2.16. The minimum absolute atomic E-state index is 0.0118. The molecule has 0 amide bonds. The lowest BCUT2D eigenvalue weighted by molar-refractivity contribution is -0.0184. The summed E-state index contributed by atoms with van der Waals surface area (Å²) in [6, 6.07) is 0. The maximum Gasteiger partial charge on any atom is 0.0600 e. The predicted molar refractivity (Wildman–Crippen MR) is 68.8 cm³/mol. The van der Waals surface area contributed by atoms with Crippen molar-refractivity contribution >= 4 is 0 Å². The van der Waals surface area contributed by atoms with Crippen LogP contribution in [0.1, 0.15) is 41.0 Å². The molecule has 1 atom stereocenters. The zero-order chi connectivity index (χ0) is 12.2. The van der Waals surface area contributed by atoms with Gasteiger partial charge >= 0.3 is 0 Å². The molecule has 3 heteroatoms. The predicted octanol–water partition coefficient (Wildman–Crippen LogP) is 1.88. The Morgan fingerprint density at radius 2 is 2.06 bits per heavy atom. The van der Waals surface area contributed by atoms with Gasteiger partial charge in [0.15, 0.2) is 0 Å². The van der Waals surface area contributed by atoms with Crippen LogP contribution in [0.3, 0.4) is 0 Å². The number of hydrogen-bond acceptors (Lipinski definition) is 3. The Balaban J connectivity index is 2.27. The molecule has 0 aromatic heterocycles. The maximum absolute atomic E-state index is 5.77. The first-order valence-corrected chi connectivity index (χ1v) is 6.46. The van der Waals surface area contributed by atoms with Crippen LogP contribution < -0.4 is 5.32 Å². The molecular formula is C13H28N2O.